The van der Waals surface area contributed by atoms with Crippen molar-refractivity contribution < 1.29 is 86.6 Å². The number of hydrogen-bond donors (Lipinski definition) is 2. The molecule has 0 fully saturated rings. The minimum absolute atomic E-state index is 0. The van der Waals surface area contributed by atoms with Gasteiger partial charge < -0.3 is 15.3 Å². The largest absolute Gasteiger partial charge is 1.00 e. The number of halogens is 4. The Morgan fingerprint density at radius 3 is 0.701 bits per heavy atom. The average Bonchev–Trinajstić information content (AvgIpc) is 0.731. The van der Waals surface area contributed by atoms with Crippen LogP contribution in [0.5, 0.6) is 0 Å². The van der Waals surface area contributed by atoms with Crippen molar-refractivity contribution in [3.8, 4) is 0 Å². The molecule has 0 aliphatic rings. The summed E-state index contributed by atoms with van der Waals surface area (Å²) in [5, 5.41) is 11.1. The predicted molar refractivity (Wildman–Crippen MR) is 448 cm³/mol. The molecule has 0 atom stereocenters. The Hall–Kier alpha value is -8.22. The molecule has 107 heavy (non-hydrogen) atoms. The number of carbonyl (C=O) groups is 1. The van der Waals surface area contributed by atoms with Gasteiger partial charge in [0, 0.05) is 5.69 Å². The van der Waals surface area contributed by atoms with E-state index in [4.69, 9.17) is 5.11 Å². The van der Waals surface area contributed by atoms with Crippen LogP contribution in [0.3, 0.4) is 0 Å². The van der Waals surface area contributed by atoms with Crippen molar-refractivity contribution in [3.05, 3.63) is 363 Å². The Bertz CT molecular complexity index is 3800. The molecule has 544 valence electrons. The number of carboxylic acid groups (broad SMARTS) is 1. The minimum Gasteiger partial charge on any atom is -0.480 e. The summed E-state index contributed by atoms with van der Waals surface area (Å²) in [6.07, 6.45) is 10.3. The van der Waals surface area contributed by atoms with Crippen molar-refractivity contribution in [2.24, 2.45) is 0 Å². The predicted octanol–water partition coefficient (Wildman–Crippen LogP) is 11.3. The van der Waals surface area contributed by atoms with Gasteiger partial charge in [-0.1, -0.05) is 366 Å². The standard InChI is InChI=1S/C24H16BF4.C24H20B.C22H24B.C12H27N.C8H9NO2.C4H10.2Na/c26-21-9-1-17(2-10-21)25(18-3-11-22(27)12-4-18,19-5-13-23(28)14-6-19)20-7-15-24(29)16-8-20;1-5-13-21(14-6-1)25(22-15-7-2-8-16-22,23-17-9-3-10-18-23)24-19-11-4-12-20-24;1-2-3-19-23(20-13-7-4-8-14-20,21-15-9-5-10-16-21)22-17-11-6-12-18-22;1-4-7-10-13(11-8-5-2)12-9-6-3;10-8(11)6-9-7-4-2-1-3-5-7;1-3-4-2;;/h1-16H;1-20H;4-18H,2-3,19H2,1H3;4-12H2,1-3H3;1-5,9H,6H2,(H,10,11);3-4H2,1-2H3;;/q3*-1;;;;2*+1. The number of carboxylic acids is 1. The zero-order valence-electron chi connectivity index (χ0n) is 64.5. The number of para-hydroxylation sites is 1. The average molecular weight is 1450 g/mol. The summed E-state index contributed by atoms with van der Waals surface area (Å²) in [5.74, 6) is -2.42. The Labute approximate surface area is 682 Å². The quantitative estimate of drug-likeness (QED) is 0.0398. The molecule has 12 aromatic carbocycles. The molecular weight excluding hydrogens is 1340 g/mol. The van der Waals surface area contributed by atoms with Gasteiger partial charge in [0.05, 0.1) is 6.15 Å². The summed E-state index contributed by atoms with van der Waals surface area (Å²) in [4.78, 5) is 12.7. The van der Waals surface area contributed by atoms with Crippen LogP contribution in [-0.2, 0) is 4.79 Å². The molecule has 0 radical (unpaired) electrons. The molecule has 13 heteroatoms. The third kappa shape index (κ3) is 26.3. The van der Waals surface area contributed by atoms with Crippen molar-refractivity contribution >= 4 is 90.2 Å². The van der Waals surface area contributed by atoms with Gasteiger partial charge in [-0.15, -0.1) is 0 Å². The molecule has 0 saturated heterocycles. The maximum absolute atomic E-state index is 13.7. The molecule has 0 heterocycles. The molecular formula is C94H106B3F4N2Na2O2-. The molecule has 0 aromatic heterocycles. The SMILES string of the molecule is CCCC.CCCCN(CCCC)CCCC.CCCC[B-](c1ccccc1)(c1ccccc1)c1ccccc1.Fc1ccc([B-](c2ccc(F)cc2)(c2ccc(F)cc2)c2ccc(F)cc2)cc1.O=C(O)CNc1ccccc1.[Na+].[Na+].c1ccc([B-](c2ccccc2)(c2ccccc2)c2ccccc2)cc1. The van der Waals surface area contributed by atoms with Crippen molar-refractivity contribution in [2.75, 3.05) is 31.5 Å². The van der Waals surface area contributed by atoms with E-state index in [0.717, 1.165) is 27.5 Å². The van der Waals surface area contributed by atoms with Crippen LogP contribution in [0.25, 0.3) is 0 Å². The molecule has 0 aliphatic heterocycles. The Balaban J connectivity index is 0.000000244. The van der Waals surface area contributed by atoms with Crippen molar-refractivity contribution in [1.82, 2.24) is 4.90 Å². The molecule has 0 saturated carbocycles. The van der Waals surface area contributed by atoms with Gasteiger partial charge in [-0.05, 0) is 99.6 Å². The Kier molecular flexibility index (Phi) is 41.5. The van der Waals surface area contributed by atoms with E-state index in [0.29, 0.717) is 0 Å². The number of hydrogen-bond acceptors (Lipinski definition) is 3. The van der Waals surface area contributed by atoms with Crippen LogP contribution in [0, 0.1) is 23.3 Å². The normalized spacial score (nSPS) is 10.7. The van der Waals surface area contributed by atoms with E-state index < -0.39 is 47.7 Å². The Morgan fingerprint density at radius 1 is 0.290 bits per heavy atom. The van der Waals surface area contributed by atoms with Crippen LogP contribution in [0.2, 0.25) is 6.32 Å². The summed E-state index contributed by atoms with van der Waals surface area (Å²) in [7, 11) is 0. The molecule has 12 aromatic rings. The molecule has 0 bridgehead atoms. The molecule has 4 nitrogen and oxygen atoms in total. The van der Waals surface area contributed by atoms with Gasteiger partial charge in [-0.2, -0.15) is 66.4 Å². The van der Waals surface area contributed by atoms with Crippen LogP contribution in [0.1, 0.15) is 106 Å². The Morgan fingerprint density at radius 2 is 0.495 bits per heavy atom. The van der Waals surface area contributed by atoms with E-state index in [-0.39, 0.29) is 65.7 Å². The summed E-state index contributed by atoms with van der Waals surface area (Å²) in [6.45, 7) is 17.4. The van der Waals surface area contributed by atoms with E-state index in [9.17, 15) is 22.4 Å². The third-order valence-electron chi connectivity index (χ3n) is 20.0. The van der Waals surface area contributed by atoms with Gasteiger partial charge in [0.15, 0.2) is 0 Å². The number of anilines is 1. The summed E-state index contributed by atoms with van der Waals surface area (Å²) in [6, 6.07) is 110. The topological polar surface area (TPSA) is 52.6 Å². The second-order valence-corrected chi connectivity index (χ2v) is 27.0. The minimum atomic E-state index is -1.94. The van der Waals surface area contributed by atoms with Gasteiger partial charge in [0.2, 0.25) is 0 Å². The van der Waals surface area contributed by atoms with Gasteiger partial charge in [-0.25, -0.2) is 17.6 Å². The number of benzene rings is 12. The van der Waals surface area contributed by atoms with Crippen LogP contribution in [-0.4, -0.2) is 60.6 Å². The molecule has 12 rings (SSSR count). The van der Waals surface area contributed by atoms with Crippen LogP contribution in [0.15, 0.2) is 340 Å². The smallest absolute Gasteiger partial charge is 0.480 e. The first-order valence-electron chi connectivity index (χ1n) is 38.0. The van der Waals surface area contributed by atoms with Gasteiger partial charge in [0.25, 0.3) is 0 Å². The number of unbranched alkanes of at least 4 members (excludes halogenated alkanes) is 5. The first-order chi connectivity index (χ1) is 51.3. The zero-order valence-corrected chi connectivity index (χ0v) is 68.5. The van der Waals surface area contributed by atoms with Crippen molar-refractivity contribution in [2.45, 2.75) is 112 Å². The van der Waals surface area contributed by atoms with E-state index in [1.54, 1.807) is 48.5 Å². The maximum Gasteiger partial charge on any atom is 1.00 e. The first kappa shape index (κ1) is 89.4. The van der Waals surface area contributed by atoms with E-state index in [2.05, 4.69) is 264 Å². The molecule has 0 aliphatic carbocycles. The summed E-state index contributed by atoms with van der Waals surface area (Å²) >= 11 is 0. The molecule has 2 N–H and O–H groups in total. The zero-order chi connectivity index (χ0) is 74.8. The van der Waals surface area contributed by atoms with Gasteiger partial charge in [0.1, 0.15) is 42.1 Å². The van der Waals surface area contributed by atoms with Crippen molar-refractivity contribution in [1.29, 1.82) is 0 Å². The summed E-state index contributed by atoms with van der Waals surface area (Å²) in [5.41, 5.74) is 13.5. The van der Waals surface area contributed by atoms with E-state index >= 15 is 0 Å². The third-order valence-corrected chi connectivity index (χ3v) is 20.0. The maximum atomic E-state index is 13.7. The van der Waals surface area contributed by atoms with Crippen LogP contribution in [0.4, 0.5) is 23.2 Å². The number of aliphatic carboxylic acids is 1. The summed E-state index contributed by atoms with van der Waals surface area (Å²) < 4.78 is 54.8. The van der Waals surface area contributed by atoms with Crippen molar-refractivity contribution in [3.63, 3.8) is 0 Å². The van der Waals surface area contributed by atoms with Gasteiger partial charge in [-0.3, -0.25) is 4.79 Å². The van der Waals surface area contributed by atoms with Crippen LogP contribution >= 0.6 is 0 Å². The first-order valence-corrected chi connectivity index (χ1v) is 38.0. The molecule has 0 amide bonds. The van der Waals surface area contributed by atoms with Crippen LogP contribution < -0.4 is 125 Å². The second-order valence-electron chi connectivity index (χ2n) is 27.0. The van der Waals surface area contributed by atoms with E-state index in [1.807, 2.05) is 30.3 Å². The number of rotatable bonds is 27. The number of nitrogens with zero attached hydrogens (tertiary/aromatic N) is 1. The monoisotopic (exact) mass is 1450 g/mol. The fourth-order valence-corrected chi connectivity index (χ4v) is 14.4. The molecule has 0 unspecified atom stereocenters. The molecule has 0 spiro atoms. The fraction of sp³-hybridized carbons (Fsp3) is 0.223. The fourth-order valence-electron chi connectivity index (χ4n) is 14.4. The number of nitrogens with one attached hydrogen (secondary N) is 1. The van der Waals surface area contributed by atoms with Gasteiger partial charge >= 0.3 is 65.1 Å². The second kappa shape index (κ2) is 49.7. The van der Waals surface area contributed by atoms with E-state index in [1.165, 1.54) is 177 Å².